The Balaban J connectivity index is 1.68. The Kier molecular flexibility index (Phi) is 6.05. The van der Waals surface area contributed by atoms with E-state index in [1.165, 1.54) is 4.31 Å². The van der Waals surface area contributed by atoms with Crippen molar-refractivity contribution in [3.05, 3.63) is 42.1 Å². The van der Waals surface area contributed by atoms with E-state index in [1.807, 2.05) is 42.8 Å². The minimum absolute atomic E-state index is 0.0714. The topological polar surface area (TPSA) is 102 Å². The number of hydrogen-bond donors (Lipinski definition) is 1. The number of carboxylic acid groups (broad SMARTS) is 1. The van der Waals surface area contributed by atoms with Crippen molar-refractivity contribution in [1.29, 1.82) is 0 Å². The summed E-state index contributed by atoms with van der Waals surface area (Å²) in [6.07, 6.45) is 0.613. The Bertz CT molecular complexity index is 1200. The van der Waals surface area contributed by atoms with Gasteiger partial charge < -0.3 is 9.84 Å². The molecule has 4 rings (SSSR count). The molecule has 3 aromatic rings. The molecule has 0 bridgehead atoms. The third-order valence-electron chi connectivity index (χ3n) is 5.66. The number of rotatable bonds is 8. The molecule has 0 saturated carbocycles. The summed E-state index contributed by atoms with van der Waals surface area (Å²) in [5.41, 5.74) is 1.33. The first-order valence-corrected chi connectivity index (χ1v) is 12.5. The number of carbonyl (C=O) groups is 1. The van der Waals surface area contributed by atoms with Crippen LogP contribution in [0.3, 0.4) is 0 Å². The molecule has 1 fully saturated rings. The van der Waals surface area contributed by atoms with Crippen molar-refractivity contribution < 1.29 is 23.1 Å². The first-order valence-electron chi connectivity index (χ1n) is 10.3. The average Bonchev–Trinajstić information content (AvgIpc) is 3.45. The summed E-state index contributed by atoms with van der Waals surface area (Å²) >= 11 is 1.13. The summed E-state index contributed by atoms with van der Waals surface area (Å²) < 4.78 is 35.6. The number of aromatic nitrogens is 2. The molecule has 1 aromatic carbocycles. The fraction of sp³-hybridized carbons (Fsp3) is 0.429. The minimum Gasteiger partial charge on any atom is -0.484 e. The van der Waals surface area contributed by atoms with Crippen LogP contribution in [0.25, 0.3) is 10.9 Å². The number of sulfonamides is 1. The molecule has 2 aromatic heterocycles. The average molecular weight is 464 g/mol. The number of carboxylic acids is 1. The number of benzene rings is 1. The summed E-state index contributed by atoms with van der Waals surface area (Å²) in [5, 5.41) is 15.3. The van der Waals surface area contributed by atoms with Crippen molar-refractivity contribution in [2.45, 2.75) is 36.9 Å². The smallest absolute Gasteiger partial charge is 0.309 e. The van der Waals surface area contributed by atoms with Gasteiger partial charge in [-0.05, 0) is 37.5 Å². The van der Waals surface area contributed by atoms with E-state index >= 15 is 0 Å². The molecule has 166 valence electrons. The summed E-state index contributed by atoms with van der Waals surface area (Å²) in [6.45, 7) is 5.07. The Labute approximate surface area is 185 Å². The van der Waals surface area contributed by atoms with Crippen LogP contribution in [0.4, 0.5) is 0 Å². The lowest BCUT2D eigenvalue weighted by molar-refractivity contribution is -0.136. The van der Waals surface area contributed by atoms with E-state index in [-0.39, 0.29) is 22.6 Å². The number of nitrogens with zero attached hydrogens (tertiary/aromatic N) is 3. The second-order valence-corrected chi connectivity index (χ2v) is 10.8. The predicted octanol–water partition coefficient (Wildman–Crippen LogP) is 3.40. The van der Waals surface area contributed by atoms with Crippen LogP contribution < -0.4 is 4.74 Å². The van der Waals surface area contributed by atoms with Gasteiger partial charge in [-0.25, -0.2) is 8.42 Å². The normalized spacial score (nSPS) is 19.8. The van der Waals surface area contributed by atoms with Gasteiger partial charge in [-0.1, -0.05) is 36.5 Å². The summed E-state index contributed by atoms with van der Waals surface area (Å²) in [5.74, 6) is -0.872. The van der Waals surface area contributed by atoms with Crippen LogP contribution in [0.1, 0.15) is 32.0 Å². The van der Waals surface area contributed by atoms with Gasteiger partial charge in [0.05, 0.1) is 30.3 Å². The largest absolute Gasteiger partial charge is 0.484 e. The molecular weight excluding hydrogens is 438 g/mol. The molecule has 1 aliphatic heterocycles. The van der Waals surface area contributed by atoms with Gasteiger partial charge in [-0.2, -0.15) is 9.40 Å². The number of ether oxygens (including phenoxy) is 1. The number of hydrogen-bond acceptors (Lipinski definition) is 6. The number of aliphatic carboxylic acids is 1. The standard InChI is InChI=1S/C21H25N3O5S2/c1-3-14-12-23(31(27,28)21-10-9-20(30-21)29-4-2)13-18(14)24-17-8-6-5-7-15(17)16(22-24)11-19(25)26/h5-10,14,18H,3-4,11-13H2,1-2H3,(H,25,26)/t14-,18+/m1/s1. The van der Waals surface area contributed by atoms with Crippen LogP contribution in [-0.2, 0) is 21.2 Å². The highest BCUT2D eigenvalue weighted by Gasteiger charge is 2.41. The van der Waals surface area contributed by atoms with Gasteiger partial charge in [0.15, 0.2) is 5.06 Å². The van der Waals surface area contributed by atoms with Gasteiger partial charge in [0.25, 0.3) is 10.0 Å². The maximum atomic E-state index is 13.3. The van der Waals surface area contributed by atoms with E-state index in [0.717, 1.165) is 28.7 Å². The molecule has 1 N–H and O–H groups in total. The molecule has 0 amide bonds. The molecule has 0 spiro atoms. The molecule has 1 aliphatic rings. The second kappa shape index (κ2) is 8.60. The number of para-hydroxylation sites is 1. The zero-order valence-electron chi connectivity index (χ0n) is 17.4. The zero-order chi connectivity index (χ0) is 22.2. The quantitative estimate of drug-likeness (QED) is 0.549. The zero-order valence-corrected chi connectivity index (χ0v) is 19.0. The molecule has 0 aliphatic carbocycles. The fourth-order valence-electron chi connectivity index (χ4n) is 4.16. The van der Waals surface area contributed by atoms with E-state index in [9.17, 15) is 18.3 Å². The van der Waals surface area contributed by atoms with Gasteiger partial charge in [0.2, 0.25) is 0 Å². The van der Waals surface area contributed by atoms with Crippen molar-refractivity contribution in [3.63, 3.8) is 0 Å². The van der Waals surface area contributed by atoms with Crippen LogP contribution in [0.15, 0.2) is 40.6 Å². The Hall–Kier alpha value is -2.43. The van der Waals surface area contributed by atoms with E-state index in [4.69, 9.17) is 4.74 Å². The summed E-state index contributed by atoms with van der Waals surface area (Å²) in [6, 6.07) is 10.6. The molecular formula is C21H25N3O5S2. The molecule has 0 unspecified atom stereocenters. The van der Waals surface area contributed by atoms with Gasteiger partial charge in [0.1, 0.15) is 4.21 Å². The third-order valence-corrected chi connectivity index (χ3v) is 8.95. The first kappa shape index (κ1) is 21.8. The number of fused-ring (bicyclic) bond motifs is 1. The fourth-order valence-corrected chi connectivity index (χ4v) is 7.02. The maximum Gasteiger partial charge on any atom is 0.309 e. The van der Waals surface area contributed by atoms with Gasteiger partial charge in [-0.3, -0.25) is 9.48 Å². The number of thiophene rings is 1. The highest BCUT2D eigenvalue weighted by Crippen LogP contribution is 2.38. The predicted molar refractivity (Wildman–Crippen MR) is 118 cm³/mol. The Morgan fingerprint density at radius 3 is 2.71 bits per heavy atom. The van der Waals surface area contributed by atoms with E-state index in [0.29, 0.717) is 30.5 Å². The highest BCUT2D eigenvalue weighted by molar-refractivity contribution is 7.91. The Morgan fingerprint density at radius 2 is 2.00 bits per heavy atom. The highest BCUT2D eigenvalue weighted by atomic mass is 32.2. The molecule has 1 saturated heterocycles. The molecule has 8 nitrogen and oxygen atoms in total. The maximum absolute atomic E-state index is 13.3. The minimum atomic E-state index is -3.65. The first-order chi connectivity index (χ1) is 14.8. The lowest BCUT2D eigenvalue weighted by Gasteiger charge is -2.18. The molecule has 31 heavy (non-hydrogen) atoms. The van der Waals surface area contributed by atoms with Crippen molar-refractivity contribution in [2.24, 2.45) is 5.92 Å². The van der Waals surface area contributed by atoms with E-state index < -0.39 is 16.0 Å². The van der Waals surface area contributed by atoms with Crippen molar-refractivity contribution >= 4 is 38.2 Å². The lowest BCUT2D eigenvalue weighted by atomic mass is 10.0. The van der Waals surface area contributed by atoms with Crippen LogP contribution in [-0.4, -0.2) is 53.3 Å². The van der Waals surface area contributed by atoms with Crippen molar-refractivity contribution in [2.75, 3.05) is 19.7 Å². The van der Waals surface area contributed by atoms with E-state index in [1.54, 1.807) is 12.1 Å². The Morgan fingerprint density at radius 1 is 1.23 bits per heavy atom. The molecule has 0 radical (unpaired) electrons. The monoisotopic (exact) mass is 463 g/mol. The van der Waals surface area contributed by atoms with E-state index in [2.05, 4.69) is 5.10 Å². The molecule has 3 heterocycles. The SMILES string of the molecule is CCOc1ccc(S(=O)(=O)N2C[C@@H](CC)[C@@H](n3nc(CC(=O)O)c4ccccc43)C2)s1. The van der Waals surface area contributed by atoms with Crippen LogP contribution >= 0.6 is 11.3 Å². The van der Waals surface area contributed by atoms with Gasteiger partial charge in [0, 0.05) is 18.5 Å². The summed E-state index contributed by atoms with van der Waals surface area (Å²) in [4.78, 5) is 11.3. The van der Waals surface area contributed by atoms with Crippen molar-refractivity contribution in [1.82, 2.24) is 14.1 Å². The van der Waals surface area contributed by atoms with Gasteiger partial charge >= 0.3 is 5.97 Å². The van der Waals surface area contributed by atoms with Gasteiger partial charge in [-0.15, -0.1) is 0 Å². The van der Waals surface area contributed by atoms with Crippen LogP contribution in [0, 0.1) is 5.92 Å². The lowest BCUT2D eigenvalue weighted by Crippen LogP contribution is -2.29. The van der Waals surface area contributed by atoms with Crippen LogP contribution in [0.2, 0.25) is 0 Å². The molecule has 2 atom stereocenters. The van der Waals surface area contributed by atoms with Crippen molar-refractivity contribution in [3.8, 4) is 5.06 Å². The molecule has 10 heteroatoms. The summed E-state index contributed by atoms with van der Waals surface area (Å²) in [7, 11) is -3.65. The third kappa shape index (κ3) is 4.07. The second-order valence-electron chi connectivity index (χ2n) is 7.54. The van der Waals surface area contributed by atoms with Crippen LogP contribution in [0.5, 0.6) is 5.06 Å².